The van der Waals surface area contributed by atoms with Gasteiger partial charge in [0.25, 0.3) is 5.91 Å². The standard InChI is InChI=1S/C22H27ClFN3O3/c1-12(2)7-15-11-27(19(8-13(3)4)21(28)25-15)22(29)18-10-20(30-26-18)14-5-6-17(24)16(23)9-14/h5-6,9-10,12-13,15,19H,7-8,11H2,1-4H3,(H,25,28). The molecule has 1 fully saturated rings. The van der Waals surface area contributed by atoms with E-state index in [1.54, 1.807) is 4.90 Å². The van der Waals surface area contributed by atoms with Gasteiger partial charge in [0.05, 0.1) is 5.02 Å². The van der Waals surface area contributed by atoms with Crippen LogP contribution in [0.5, 0.6) is 0 Å². The third kappa shape index (κ3) is 5.01. The zero-order valence-electron chi connectivity index (χ0n) is 17.6. The van der Waals surface area contributed by atoms with Gasteiger partial charge < -0.3 is 14.7 Å². The van der Waals surface area contributed by atoms with E-state index in [0.717, 1.165) is 6.42 Å². The Labute approximate surface area is 180 Å². The first-order valence-corrected chi connectivity index (χ1v) is 10.6. The molecule has 2 unspecified atom stereocenters. The van der Waals surface area contributed by atoms with Crippen molar-refractivity contribution in [1.82, 2.24) is 15.4 Å². The molecule has 2 heterocycles. The van der Waals surface area contributed by atoms with Crippen LogP contribution >= 0.6 is 11.6 Å². The third-order valence-corrected chi connectivity index (χ3v) is 5.38. The number of hydrogen-bond acceptors (Lipinski definition) is 4. The topological polar surface area (TPSA) is 75.4 Å². The van der Waals surface area contributed by atoms with Gasteiger partial charge in [0.1, 0.15) is 11.9 Å². The van der Waals surface area contributed by atoms with Gasteiger partial charge in [0.15, 0.2) is 11.5 Å². The van der Waals surface area contributed by atoms with E-state index in [4.69, 9.17) is 16.1 Å². The normalized spacial score (nSPS) is 19.5. The summed E-state index contributed by atoms with van der Waals surface area (Å²) in [6.07, 6.45) is 1.34. The zero-order valence-corrected chi connectivity index (χ0v) is 18.4. The molecule has 1 saturated heterocycles. The molecule has 162 valence electrons. The monoisotopic (exact) mass is 435 g/mol. The first-order valence-electron chi connectivity index (χ1n) is 10.2. The number of amides is 2. The number of carbonyl (C=O) groups is 2. The summed E-state index contributed by atoms with van der Waals surface area (Å²) in [6.45, 7) is 8.61. The number of hydrogen-bond donors (Lipinski definition) is 1. The first kappa shape index (κ1) is 22.3. The highest BCUT2D eigenvalue weighted by Crippen LogP contribution is 2.27. The number of rotatable bonds is 6. The Hall–Kier alpha value is -2.41. The maximum Gasteiger partial charge on any atom is 0.276 e. The van der Waals surface area contributed by atoms with Crippen molar-refractivity contribution in [3.05, 3.63) is 40.8 Å². The molecule has 2 aromatic rings. The molecule has 6 nitrogen and oxygen atoms in total. The molecule has 0 bridgehead atoms. The highest BCUT2D eigenvalue weighted by Gasteiger charge is 2.39. The Morgan fingerprint density at radius 3 is 2.60 bits per heavy atom. The van der Waals surface area contributed by atoms with Crippen LogP contribution in [0.4, 0.5) is 4.39 Å². The van der Waals surface area contributed by atoms with E-state index in [-0.39, 0.29) is 34.5 Å². The average molecular weight is 436 g/mol. The molecule has 2 amide bonds. The molecule has 1 aromatic carbocycles. The van der Waals surface area contributed by atoms with Crippen molar-refractivity contribution in [2.45, 2.75) is 52.6 Å². The fourth-order valence-electron chi connectivity index (χ4n) is 3.77. The number of nitrogens with zero attached hydrogens (tertiary/aromatic N) is 2. The maximum atomic E-state index is 13.4. The predicted molar refractivity (Wildman–Crippen MR) is 113 cm³/mol. The number of piperazine rings is 1. The van der Waals surface area contributed by atoms with Crippen LogP contribution in [0.15, 0.2) is 28.8 Å². The second-order valence-corrected chi connectivity index (χ2v) is 9.05. The first-order chi connectivity index (χ1) is 14.2. The van der Waals surface area contributed by atoms with E-state index in [2.05, 4.69) is 24.3 Å². The van der Waals surface area contributed by atoms with E-state index in [1.807, 2.05) is 13.8 Å². The molecule has 0 spiro atoms. The van der Waals surface area contributed by atoms with E-state index in [1.165, 1.54) is 24.3 Å². The highest BCUT2D eigenvalue weighted by molar-refractivity contribution is 6.31. The lowest BCUT2D eigenvalue weighted by Gasteiger charge is -2.40. The fraction of sp³-hybridized carbons (Fsp3) is 0.500. The molecule has 0 radical (unpaired) electrons. The minimum atomic E-state index is -0.554. The van der Waals surface area contributed by atoms with Crippen LogP contribution in [-0.4, -0.2) is 40.5 Å². The molecule has 3 rings (SSSR count). The molecule has 0 aliphatic carbocycles. The summed E-state index contributed by atoms with van der Waals surface area (Å²) in [7, 11) is 0. The quantitative estimate of drug-likeness (QED) is 0.723. The van der Waals surface area contributed by atoms with Crippen LogP contribution in [-0.2, 0) is 4.79 Å². The van der Waals surface area contributed by atoms with E-state index < -0.39 is 11.9 Å². The van der Waals surface area contributed by atoms with Crippen LogP contribution in [0.25, 0.3) is 11.3 Å². The van der Waals surface area contributed by atoms with Crippen molar-refractivity contribution in [3.8, 4) is 11.3 Å². The number of nitrogens with one attached hydrogen (secondary N) is 1. The zero-order chi connectivity index (χ0) is 22.0. The van der Waals surface area contributed by atoms with Crippen molar-refractivity contribution < 1.29 is 18.5 Å². The van der Waals surface area contributed by atoms with Gasteiger partial charge in [-0.2, -0.15) is 0 Å². The summed E-state index contributed by atoms with van der Waals surface area (Å²) in [5.74, 6) is -0.0951. The van der Waals surface area contributed by atoms with Crippen LogP contribution in [0.1, 0.15) is 51.0 Å². The van der Waals surface area contributed by atoms with Crippen LogP contribution in [0.2, 0.25) is 5.02 Å². The summed E-state index contributed by atoms with van der Waals surface area (Å²) >= 11 is 5.84. The van der Waals surface area contributed by atoms with Gasteiger partial charge in [-0.05, 0) is 42.9 Å². The van der Waals surface area contributed by atoms with Crippen LogP contribution in [0, 0.1) is 17.7 Å². The van der Waals surface area contributed by atoms with Gasteiger partial charge in [0.2, 0.25) is 5.91 Å². The molecule has 1 N–H and O–H groups in total. The predicted octanol–water partition coefficient (Wildman–Crippen LogP) is 4.54. The number of aromatic nitrogens is 1. The maximum absolute atomic E-state index is 13.4. The van der Waals surface area contributed by atoms with E-state index in [9.17, 15) is 14.0 Å². The highest BCUT2D eigenvalue weighted by atomic mass is 35.5. The molecule has 30 heavy (non-hydrogen) atoms. The van der Waals surface area contributed by atoms with Gasteiger partial charge >= 0.3 is 0 Å². The van der Waals surface area contributed by atoms with E-state index >= 15 is 0 Å². The summed E-state index contributed by atoms with van der Waals surface area (Å²) in [5, 5.41) is 6.92. The van der Waals surface area contributed by atoms with Crippen LogP contribution in [0.3, 0.4) is 0 Å². The minimum absolute atomic E-state index is 0.0435. The number of carbonyl (C=O) groups excluding carboxylic acids is 2. The van der Waals surface area contributed by atoms with Gasteiger partial charge in [-0.15, -0.1) is 0 Å². The number of benzene rings is 1. The Kier molecular flexibility index (Phi) is 6.81. The second kappa shape index (κ2) is 9.16. The van der Waals surface area contributed by atoms with Crippen molar-refractivity contribution in [2.75, 3.05) is 6.54 Å². The Balaban J connectivity index is 1.86. The SMILES string of the molecule is CC(C)CC1CN(C(=O)c2cc(-c3ccc(F)c(Cl)c3)on2)C(CC(C)C)C(=O)N1. The molecule has 1 aliphatic rings. The van der Waals surface area contributed by atoms with Crippen molar-refractivity contribution >= 4 is 23.4 Å². The van der Waals surface area contributed by atoms with Gasteiger partial charge in [-0.3, -0.25) is 9.59 Å². The molecule has 1 aliphatic heterocycles. The summed E-state index contributed by atoms with van der Waals surface area (Å²) in [4.78, 5) is 27.6. The summed E-state index contributed by atoms with van der Waals surface area (Å²) in [6, 6.07) is 4.99. The average Bonchev–Trinajstić information content (AvgIpc) is 3.14. The lowest BCUT2D eigenvalue weighted by atomic mass is 9.94. The molecule has 2 atom stereocenters. The van der Waals surface area contributed by atoms with Gasteiger partial charge in [-0.1, -0.05) is 44.5 Å². The van der Waals surface area contributed by atoms with Gasteiger partial charge in [-0.25, -0.2) is 4.39 Å². The van der Waals surface area contributed by atoms with Gasteiger partial charge in [0, 0.05) is 24.2 Å². The summed E-state index contributed by atoms with van der Waals surface area (Å²) in [5.41, 5.74) is 0.623. The molecule has 0 saturated carbocycles. The van der Waals surface area contributed by atoms with Crippen molar-refractivity contribution in [1.29, 1.82) is 0 Å². The molecular formula is C22H27ClFN3O3. The van der Waals surface area contributed by atoms with E-state index in [0.29, 0.717) is 30.2 Å². The van der Waals surface area contributed by atoms with Crippen LogP contribution < -0.4 is 5.32 Å². The third-order valence-electron chi connectivity index (χ3n) is 5.09. The number of halogens is 2. The van der Waals surface area contributed by atoms with Crippen molar-refractivity contribution in [3.63, 3.8) is 0 Å². The second-order valence-electron chi connectivity index (χ2n) is 8.64. The smallest absolute Gasteiger partial charge is 0.276 e. The lowest BCUT2D eigenvalue weighted by Crippen LogP contribution is -2.62. The lowest BCUT2D eigenvalue weighted by molar-refractivity contribution is -0.130. The Morgan fingerprint density at radius 2 is 1.97 bits per heavy atom. The Bertz CT molecular complexity index is 928. The molecular weight excluding hydrogens is 409 g/mol. The Morgan fingerprint density at radius 1 is 1.27 bits per heavy atom. The summed E-state index contributed by atoms with van der Waals surface area (Å²) < 4.78 is 18.7. The fourth-order valence-corrected chi connectivity index (χ4v) is 3.95. The largest absolute Gasteiger partial charge is 0.355 e. The molecule has 8 heteroatoms. The molecule has 1 aromatic heterocycles. The minimum Gasteiger partial charge on any atom is -0.355 e. The van der Waals surface area contributed by atoms with Crippen molar-refractivity contribution in [2.24, 2.45) is 11.8 Å².